The Hall–Kier alpha value is -2.41. The van der Waals surface area contributed by atoms with Crippen LogP contribution in [0.4, 0.5) is 5.13 Å². The number of nitrogens with one attached hydrogen (secondary N) is 1. The lowest BCUT2D eigenvalue weighted by Crippen LogP contribution is -2.28. The summed E-state index contributed by atoms with van der Waals surface area (Å²) in [4.78, 5) is 28.1. The van der Waals surface area contributed by atoms with E-state index in [1.165, 1.54) is 17.4 Å². The molecule has 0 bridgehead atoms. The van der Waals surface area contributed by atoms with Crippen molar-refractivity contribution in [3.63, 3.8) is 0 Å². The number of carbonyl (C=O) groups is 2. The number of fused-ring (bicyclic) bond motifs is 1. The SMILES string of the molecule is O=C1C=C(C(=O)Nc2nnc(C3CC3)s2)C2C=CC=CC2=N1. The number of hydrogen-bond acceptors (Lipinski definition) is 5. The third-order valence-corrected chi connectivity index (χ3v) is 4.70. The number of allylic oxidation sites excluding steroid dienone is 4. The zero-order valence-corrected chi connectivity index (χ0v) is 12.3. The first kappa shape index (κ1) is 13.3. The number of nitrogens with zero attached hydrogens (tertiary/aromatic N) is 3. The molecule has 2 aliphatic carbocycles. The molecule has 2 amide bonds. The lowest BCUT2D eigenvalue weighted by molar-refractivity contribution is -0.116. The number of aromatic nitrogens is 2. The smallest absolute Gasteiger partial charge is 0.270 e. The number of rotatable bonds is 3. The first-order chi connectivity index (χ1) is 10.7. The average molecular weight is 312 g/mol. The van der Waals surface area contributed by atoms with E-state index in [0.29, 0.717) is 22.3 Å². The Balaban J connectivity index is 1.54. The molecule has 1 saturated carbocycles. The van der Waals surface area contributed by atoms with E-state index < -0.39 is 5.91 Å². The van der Waals surface area contributed by atoms with Crippen LogP contribution in [0.25, 0.3) is 0 Å². The molecule has 1 N–H and O–H groups in total. The molecule has 0 aromatic carbocycles. The number of aliphatic imine (C=N–C) groups is 1. The van der Waals surface area contributed by atoms with E-state index in [1.54, 1.807) is 12.2 Å². The van der Waals surface area contributed by atoms with Crippen molar-refractivity contribution in [3.05, 3.63) is 41.0 Å². The summed E-state index contributed by atoms with van der Waals surface area (Å²) in [5.41, 5.74) is 0.981. The Morgan fingerprint density at radius 3 is 2.95 bits per heavy atom. The largest absolute Gasteiger partial charge is 0.297 e. The van der Waals surface area contributed by atoms with Gasteiger partial charge in [0.05, 0.1) is 11.6 Å². The van der Waals surface area contributed by atoms with Gasteiger partial charge in [-0.1, -0.05) is 29.6 Å². The van der Waals surface area contributed by atoms with Crippen molar-refractivity contribution in [2.75, 3.05) is 5.32 Å². The Bertz CT molecular complexity index is 783. The summed E-state index contributed by atoms with van der Waals surface area (Å²) in [6.07, 6.45) is 10.8. The molecule has 22 heavy (non-hydrogen) atoms. The number of hydrogen-bond donors (Lipinski definition) is 1. The topological polar surface area (TPSA) is 84.3 Å². The van der Waals surface area contributed by atoms with Gasteiger partial charge in [-0.3, -0.25) is 14.9 Å². The fourth-order valence-corrected chi connectivity index (χ4v) is 3.35. The van der Waals surface area contributed by atoms with Crippen molar-refractivity contribution in [3.8, 4) is 0 Å². The van der Waals surface area contributed by atoms with E-state index in [0.717, 1.165) is 17.8 Å². The van der Waals surface area contributed by atoms with Crippen LogP contribution >= 0.6 is 11.3 Å². The highest BCUT2D eigenvalue weighted by Gasteiger charge is 2.30. The lowest BCUT2D eigenvalue weighted by Gasteiger charge is -2.20. The summed E-state index contributed by atoms with van der Waals surface area (Å²) < 4.78 is 0. The maximum absolute atomic E-state index is 12.5. The Morgan fingerprint density at radius 2 is 2.14 bits per heavy atom. The zero-order valence-electron chi connectivity index (χ0n) is 11.5. The van der Waals surface area contributed by atoms with Crippen molar-refractivity contribution < 1.29 is 9.59 Å². The molecule has 1 fully saturated rings. The summed E-state index contributed by atoms with van der Waals surface area (Å²) in [6, 6.07) is 0. The predicted molar refractivity (Wildman–Crippen MR) is 82.8 cm³/mol. The molecule has 3 aliphatic rings. The van der Waals surface area contributed by atoms with E-state index >= 15 is 0 Å². The normalized spacial score (nSPS) is 22.9. The van der Waals surface area contributed by atoms with Crippen LogP contribution in [0.2, 0.25) is 0 Å². The lowest BCUT2D eigenvalue weighted by atomic mass is 9.87. The quantitative estimate of drug-likeness (QED) is 0.925. The monoisotopic (exact) mass is 312 g/mol. The van der Waals surface area contributed by atoms with Crippen LogP contribution < -0.4 is 5.32 Å². The van der Waals surface area contributed by atoms with Crippen molar-refractivity contribution >= 4 is 34.0 Å². The van der Waals surface area contributed by atoms with Crippen molar-refractivity contribution in [2.24, 2.45) is 10.9 Å². The number of carbonyl (C=O) groups excluding carboxylic acids is 2. The molecule has 110 valence electrons. The molecule has 1 unspecified atom stereocenters. The minimum atomic E-state index is -0.410. The second kappa shape index (κ2) is 5.10. The zero-order chi connectivity index (χ0) is 15.1. The minimum Gasteiger partial charge on any atom is -0.297 e. The fourth-order valence-electron chi connectivity index (χ4n) is 2.44. The highest BCUT2D eigenvalue weighted by Crippen LogP contribution is 2.42. The fraction of sp³-hybridized carbons (Fsp3) is 0.267. The molecule has 1 atom stereocenters. The average Bonchev–Trinajstić information content (AvgIpc) is 3.26. The molecule has 7 heteroatoms. The van der Waals surface area contributed by atoms with E-state index in [2.05, 4.69) is 20.5 Å². The summed E-state index contributed by atoms with van der Waals surface area (Å²) in [6.45, 7) is 0. The molecule has 0 saturated heterocycles. The van der Waals surface area contributed by atoms with Gasteiger partial charge in [0.2, 0.25) is 5.13 Å². The highest BCUT2D eigenvalue weighted by molar-refractivity contribution is 7.15. The minimum absolute atomic E-state index is 0.279. The van der Waals surface area contributed by atoms with Gasteiger partial charge in [0.25, 0.3) is 11.8 Å². The summed E-state index contributed by atoms with van der Waals surface area (Å²) in [7, 11) is 0. The molecule has 1 aromatic heterocycles. The van der Waals surface area contributed by atoms with E-state index in [9.17, 15) is 9.59 Å². The summed E-state index contributed by atoms with van der Waals surface area (Å²) in [5, 5.41) is 12.3. The Kier molecular flexibility index (Phi) is 3.07. The van der Waals surface area contributed by atoms with Crippen LogP contribution in [0, 0.1) is 5.92 Å². The van der Waals surface area contributed by atoms with Crippen LogP contribution in [-0.2, 0) is 9.59 Å². The number of dihydropyridines is 1. The molecule has 2 heterocycles. The van der Waals surface area contributed by atoms with Gasteiger partial charge < -0.3 is 0 Å². The van der Waals surface area contributed by atoms with Crippen molar-refractivity contribution in [2.45, 2.75) is 18.8 Å². The van der Waals surface area contributed by atoms with Crippen LogP contribution in [0.3, 0.4) is 0 Å². The van der Waals surface area contributed by atoms with E-state index in [-0.39, 0.29) is 11.8 Å². The first-order valence-electron chi connectivity index (χ1n) is 7.04. The number of amides is 2. The second-order valence-electron chi connectivity index (χ2n) is 5.37. The maximum atomic E-state index is 12.5. The van der Waals surface area contributed by atoms with Gasteiger partial charge in [0.15, 0.2) is 0 Å². The molecular formula is C15H12N4O2S. The molecule has 4 rings (SSSR count). The Labute approximate surface area is 130 Å². The predicted octanol–water partition coefficient (Wildman–Crippen LogP) is 2.00. The van der Waals surface area contributed by atoms with Gasteiger partial charge in [0, 0.05) is 17.6 Å². The van der Waals surface area contributed by atoms with Gasteiger partial charge in [-0.25, -0.2) is 4.99 Å². The number of anilines is 1. The Morgan fingerprint density at radius 1 is 1.27 bits per heavy atom. The van der Waals surface area contributed by atoms with Crippen LogP contribution in [0.5, 0.6) is 0 Å². The third kappa shape index (κ3) is 2.43. The molecule has 0 radical (unpaired) electrons. The van der Waals surface area contributed by atoms with Gasteiger partial charge in [-0.15, -0.1) is 10.2 Å². The third-order valence-electron chi connectivity index (χ3n) is 3.70. The van der Waals surface area contributed by atoms with Crippen LogP contribution in [0.15, 0.2) is 40.9 Å². The van der Waals surface area contributed by atoms with Gasteiger partial charge in [-0.2, -0.15) is 0 Å². The van der Waals surface area contributed by atoms with Crippen LogP contribution in [0.1, 0.15) is 23.8 Å². The first-order valence-corrected chi connectivity index (χ1v) is 7.86. The second-order valence-corrected chi connectivity index (χ2v) is 6.38. The van der Waals surface area contributed by atoms with Crippen molar-refractivity contribution in [1.29, 1.82) is 0 Å². The standard InChI is InChI=1S/C15H12N4O2S/c20-12-7-10(9-3-1-2-4-11(9)16-12)13(21)17-15-19-18-14(22-15)8-5-6-8/h1-4,7-9H,5-6H2,(H,17,19,21). The molecule has 0 spiro atoms. The van der Waals surface area contributed by atoms with Gasteiger partial charge >= 0.3 is 0 Å². The van der Waals surface area contributed by atoms with E-state index in [4.69, 9.17) is 0 Å². The van der Waals surface area contributed by atoms with Gasteiger partial charge in [0.1, 0.15) is 5.01 Å². The molecule has 1 aliphatic heterocycles. The summed E-state index contributed by atoms with van der Waals surface area (Å²) >= 11 is 1.40. The van der Waals surface area contributed by atoms with Crippen LogP contribution in [-0.4, -0.2) is 27.7 Å². The van der Waals surface area contributed by atoms with Crippen molar-refractivity contribution in [1.82, 2.24) is 10.2 Å². The highest BCUT2D eigenvalue weighted by atomic mass is 32.1. The summed E-state index contributed by atoms with van der Waals surface area (Å²) in [5.74, 6) is -0.515. The maximum Gasteiger partial charge on any atom is 0.270 e. The molecule has 1 aromatic rings. The molecular weight excluding hydrogens is 300 g/mol. The molecule has 6 nitrogen and oxygen atoms in total. The van der Waals surface area contributed by atoms with E-state index in [1.807, 2.05) is 12.2 Å². The van der Waals surface area contributed by atoms with Gasteiger partial charge in [-0.05, 0) is 18.9 Å².